The summed E-state index contributed by atoms with van der Waals surface area (Å²) >= 11 is 7.17. The fourth-order valence-corrected chi connectivity index (χ4v) is 4.26. The van der Waals surface area contributed by atoms with Crippen LogP contribution in [0, 0.1) is 17.0 Å². The van der Waals surface area contributed by atoms with Crippen molar-refractivity contribution in [3.63, 3.8) is 0 Å². The van der Waals surface area contributed by atoms with Crippen molar-refractivity contribution in [2.45, 2.75) is 12.1 Å². The number of benzene rings is 3. The van der Waals surface area contributed by atoms with Gasteiger partial charge in [0.2, 0.25) is 5.91 Å². The fraction of sp³-hybridized carbons (Fsp3) is 0.0870. The Labute approximate surface area is 197 Å². The number of hydrogen-bond acceptors (Lipinski definition) is 6. The third kappa shape index (κ3) is 4.89. The van der Waals surface area contributed by atoms with Crippen LogP contribution in [0.3, 0.4) is 0 Å². The number of halogens is 1. The number of carbonyl (C=O) groups excluding carboxylic acids is 1. The molecule has 4 aromatic rings. The average molecular weight is 481 g/mol. The molecule has 33 heavy (non-hydrogen) atoms. The molecule has 0 bridgehead atoms. The fourth-order valence-electron chi connectivity index (χ4n) is 3.27. The number of fused-ring (bicyclic) bond motifs is 1. The SMILES string of the molecule is Cc1ccc(NC(=O)CSc2nc3ccccc3c(=O)n2-c2cccc(Cl)c2)c([N+](=O)[O-])c1. The number of hydrogen-bond donors (Lipinski definition) is 1. The average Bonchev–Trinajstić information content (AvgIpc) is 2.79. The van der Waals surface area contributed by atoms with Gasteiger partial charge < -0.3 is 5.32 Å². The Morgan fingerprint density at radius 1 is 1.15 bits per heavy atom. The van der Waals surface area contributed by atoms with E-state index in [2.05, 4.69) is 10.3 Å². The van der Waals surface area contributed by atoms with Gasteiger partial charge in [-0.25, -0.2) is 4.98 Å². The predicted molar refractivity (Wildman–Crippen MR) is 130 cm³/mol. The summed E-state index contributed by atoms with van der Waals surface area (Å²) in [5, 5.41) is 15.1. The van der Waals surface area contributed by atoms with Crippen molar-refractivity contribution in [1.82, 2.24) is 9.55 Å². The maximum atomic E-state index is 13.2. The molecule has 10 heteroatoms. The van der Waals surface area contributed by atoms with E-state index in [9.17, 15) is 19.7 Å². The van der Waals surface area contributed by atoms with Crippen LogP contribution in [0.4, 0.5) is 11.4 Å². The summed E-state index contributed by atoms with van der Waals surface area (Å²) in [5.74, 6) is -0.580. The lowest BCUT2D eigenvalue weighted by atomic mass is 10.2. The number of thioether (sulfide) groups is 1. The lowest BCUT2D eigenvalue weighted by Crippen LogP contribution is -2.23. The number of para-hydroxylation sites is 1. The van der Waals surface area contributed by atoms with E-state index in [0.717, 1.165) is 11.8 Å². The van der Waals surface area contributed by atoms with Crippen molar-refractivity contribution >= 4 is 51.5 Å². The Morgan fingerprint density at radius 3 is 2.70 bits per heavy atom. The molecule has 0 radical (unpaired) electrons. The molecule has 0 atom stereocenters. The first kappa shape index (κ1) is 22.5. The summed E-state index contributed by atoms with van der Waals surface area (Å²) in [6.07, 6.45) is 0. The van der Waals surface area contributed by atoms with E-state index in [4.69, 9.17) is 11.6 Å². The highest BCUT2D eigenvalue weighted by atomic mass is 35.5. The van der Waals surface area contributed by atoms with E-state index < -0.39 is 10.8 Å². The monoisotopic (exact) mass is 480 g/mol. The van der Waals surface area contributed by atoms with Gasteiger partial charge in [-0.3, -0.25) is 24.3 Å². The second-order valence-electron chi connectivity index (χ2n) is 7.15. The van der Waals surface area contributed by atoms with Crippen molar-refractivity contribution in [3.05, 3.63) is 97.8 Å². The van der Waals surface area contributed by atoms with Gasteiger partial charge in [-0.1, -0.05) is 47.6 Å². The Hall–Kier alpha value is -3.69. The van der Waals surface area contributed by atoms with Gasteiger partial charge in [-0.2, -0.15) is 0 Å². The van der Waals surface area contributed by atoms with Gasteiger partial charge in [0.25, 0.3) is 11.2 Å². The zero-order chi connectivity index (χ0) is 23.5. The van der Waals surface area contributed by atoms with E-state index >= 15 is 0 Å². The number of aromatic nitrogens is 2. The number of aryl methyl sites for hydroxylation is 1. The number of nitrogens with zero attached hydrogens (tertiary/aromatic N) is 3. The second-order valence-corrected chi connectivity index (χ2v) is 8.53. The molecule has 3 aromatic carbocycles. The molecule has 8 nitrogen and oxygen atoms in total. The van der Waals surface area contributed by atoms with Crippen molar-refractivity contribution in [3.8, 4) is 5.69 Å². The van der Waals surface area contributed by atoms with E-state index in [1.807, 2.05) is 0 Å². The molecule has 0 saturated carbocycles. The van der Waals surface area contributed by atoms with Gasteiger partial charge >= 0.3 is 0 Å². The van der Waals surface area contributed by atoms with E-state index in [1.165, 1.54) is 16.7 Å². The quantitative estimate of drug-likeness (QED) is 0.180. The molecule has 0 fully saturated rings. The van der Waals surface area contributed by atoms with Crippen LogP contribution in [0.1, 0.15) is 5.56 Å². The first-order valence-electron chi connectivity index (χ1n) is 9.79. The van der Waals surface area contributed by atoms with Crippen molar-refractivity contribution in [2.24, 2.45) is 0 Å². The zero-order valence-electron chi connectivity index (χ0n) is 17.3. The summed E-state index contributed by atoms with van der Waals surface area (Å²) in [6, 6.07) is 18.3. The van der Waals surface area contributed by atoms with Gasteiger partial charge in [0.05, 0.1) is 27.3 Å². The predicted octanol–water partition coefficient (Wildman–Crippen LogP) is 4.99. The van der Waals surface area contributed by atoms with Crippen LogP contribution in [0.25, 0.3) is 16.6 Å². The normalized spacial score (nSPS) is 10.8. The van der Waals surface area contributed by atoms with Crippen LogP contribution in [-0.4, -0.2) is 26.1 Å². The topological polar surface area (TPSA) is 107 Å². The summed E-state index contributed by atoms with van der Waals surface area (Å²) in [4.78, 5) is 41.2. The molecule has 0 unspecified atom stereocenters. The summed E-state index contributed by atoms with van der Waals surface area (Å²) in [6.45, 7) is 1.73. The number of amides is 1. The minimum atomic E-state index is -0.544. The Balaban J connectivity index is 1.66. The zero-order valence-corrected chi connectivity index (χ0v) is 18.9. The number of carbonyl (C=O) groups is 1. The first-order chi connectivity index (χ1) is 15.8. The van der Waals surface area contributed by atoms with Crippen LogP contribution < -0.4 is 10.9 Å². The minimum absolute atomic E-state index is 0.106. The molecule has 0 aliphatic heterocycles. The molecule has 1 aromatic heterocycles. The molecule has 1 heterocycles. The first-order valence-corrected chi connectivity index (χ1v) is 11.2. The molecule has 1 amide bonds. The lowest BCUT2D eigenvalue weighted by Gasteiger charge is -2.13. The third-order valence-electron chi connectivity index (χ3n) is 4.77. The Bertz CT molecular complexity index is 1450. The minimum Gasteiger partial charge on any atom is -0.320 e. The van der Waals surface area contributed by atoms with Crippen molar-refractivity contribution in [1.29, 1.82) is 0 Å². The van der Waals surface area contributed by atoms with Crippen LogP contribution in [-0.2, 0) is 4.79 Å². The third-order valence-corrected chi connectivity index (χ3v) is 5.94. The number of rotatable bonds is 6. The van der Waals surface area contributed by atoms with Crippen LogP contribution in [0.15, 0.2) is 76.7 Å². The van der Waals surface area contributed by atoms with E-state index in [-0.39, 0.29) is 22.7 Å². The van der Waals surface area contributed by atoms with Crippen LogP contribution in [0.5, 0.6) is 0 Å². The van der Waals surface area contributed by atoms with E-state index in [1.54, 1.807) is 61.5 Å². The number of nitrogens with one attached hydrogen (secondary N) is 1. The van der Waals surface area contributed by atoms with Gasteiger partial charge in [0.15, 0.2) is 5.16 Å². The highest BCUT2D eigenvalue weighted by molar-refractivity contribution is 7.99. The van der Waals surface area contributed by atoms with Crippen LogP contribution >= 0.6 is 23.4 Å². The molecular formula is C23H17ClN4O4S. The van der Waals surface area contributed by atoms with Crippen molar-refractivity contribution in [2.75, 3.05) is 11.1 Å². The molecular weight excluding hydrogens is 464 g/mol. The van der Waals surface area contributed by atoms with Gasteiger partial charge in [0.1, 0.15) is 5.69 Å². The molecule has 1 N–H and O–H groups in total. The summed E-state index contributed by atoms with van der Waals surface area (Å²) in [5.41, 5.74) is 1.35. The van der Waals surface area contributed by atoms with Crippen molar-refractivity contribution < 1.29 is 9.72 Å². The Morgan fingerprint density at radius 2 is 1.94 bits per heavy atom. The van der Waals surface area contributed by atoms with Gasteiger partial charge in [0, 0.05) is 11.1 Å². The van der Waals surface area contributed by atoms with E-state index in [0.29, 0.717) is 32.3 Å². The molecule has 166 valence electrons. The highest BCUT2D eigenvalue weighted by Crippen LogP contribution is 2.27. The van der Waals surface area contributed by atoms with Gasteiger partial charge in [-0.05, 0) is 48.9 Å². The summed E-state index contributed by atoms with van der Waals surface area (Å²) < 4.78 is 1.40. The molecule has 0 aliphatic carbocycles. The molecule has 0 aliphatic rings. The number of nitro benzene ring substituents is 1. The van der Waals surface area contributed by atoms with Crippen LogP contribution in [0.2, 0.25) is 5.02 Å². The maximum absolute atomic E-state index is 13.2. The summed E-state index contributed by atoms with van der Waals surface area (Å²) in [7, 11) is 0. The standard InChI is InChI=1S/C23H17ClN4O4S/c1-14-9-10-19(20(11-14)28(31)32)25-21(29)13-33-23-26-18-8-3-2-7-17(18)22(30)27(23)16-6-4-5-15(24)12-16/h2-12H,13H2,1H3,(H,25,29). The Kier molecular flexibility index (Phi) is 6.43. The largest absolute Gasteiger partial charge is 0.320 e. The highest BCUT2D eigenvalue weighted by Gasteiger charge is 2.18. The molecule has 4 rings (SSSR count). The second kappa shape index (κ2) is 9.43. The molecule has 0 saturated heterocycles. The number of anilines is 1. The van der Waals surface area contributed by atoms with Gasteiger partial charge in [-0.15, -0.1) is 0 Å². The molecule has 0 spiro atoms. The maximum Gasteiger partial charge on any atom is 0.293 e. The smallest absolute Gasteiger partial charge is 0.293 e. The lowest BCUT2D eigenvalue weighted by molar-refractivity contribution is -0.384. The number of nitro groups is 1.